The Kier molecular flexibility index (Phi) is 4.81. The van der Waals surface area contributed by atoms with Crippen molar-refractivity contribution < 1.29 is 5.11 Å². The minimum atomic E-state index is 0.296. The predicted octanol–water partition coefficient (Wildman–Crippen LogP) is 2.11. The van der Waals surface area contributed by atoms with Crippen LogP contribution in [-0.4, -0.2) is 36.3 Å². The van der Waals surface area contributed by atoms with Gasteiger partial charge < -0.3 is 15.3 Å². The monoisotopic (exact) mass is 249 g/mol. The van der Waals surface area contributed by atoms with Crippen molar-refractivity contribution in [2.24, 2.45) is 5.92 Å². The molecular weight excluding hydrogens is 226 g/mol. The predicted molar refractivity (Wildman–Crippen MR) is 75.0 cm³/mol. The maximum Gasteiger partial charge on any atom is 0.130 e. The highest BCUT2D eigenvalue weighted by molar-refractivity contribution is 5.47. The van der Waals surface area contributed by atoms with E-state index in [0.717, 1.165) is 50.5 Å². The van der Waals surface area contributed by atoms with Crippen LogP contribution in [0.25, 0.3) is 0 Å². The van der Waals surface area contributed by atoms with E-state index in [2.05, 4.69) is 34.3 Å². The Hall–Kier alpha value is -1.29. The Morgan fingerprint density at radius 1 is 1.50 bits per heavy atom. The molecule has 0 aromatic carbocycles. The van der Waals surface area contributed by atoms with E-state index in [0.29, 0.717) is 12.5 Å². The zero-order valence-corrected chi connectivity index (χ0v) is 11.1. The van der Waals surface area contributed by atoms with Crippen molar-refractivity contribution in [1.29, 1.82) is 0 Å². The lowest BCUT2D eigenvalue weighted by Crippen LogP contribution is -2.21. The molecule has 0 radical (unpaired) electrons. The fourth-order valence-corrected chi connectivity index (χ4v) is 2.41. The molecule has 1 aromatic rings. The van der Waals surface area contributed by atoms with Gasteiger partial charge in [0, 0.05) is 26.2 Å². The molecule has 4 heteroatoms. The number of rotatable bonds is 6. The van der Waals surface area contributed by atoms with Crippen molar-refractivity contribution in [2.75, 3.05) is 36.5 Å². The summed E-state index contributed by atoms with van der Waals surface area (Å²) in [6.45, 7) is 5.48. The second-order valence-electron chi connectivity index (χ2n) is 4.92. The minimum Gasteiger partial charge on any atom is -0.396 e. The number of nitrogens with zero attached hydrogens (tertiary/aromatic N) is 2. The number of anilines is 2. The smallest absolute Gasteiger partial charge is 0.130 e. The number of aliphatic hydroxyl groups is 1. The number of aliphatic hydroxyl groups excluding tert-OH is 1. The van der Waals surface area contributed by atoms with Crippen LogP contribution in [0.15, 0.2) is 18.2 Å². The molecule has 2 N–H and O–H groups in total. The lowest BCUT2D eigenvalue weighted by Gasteiger charge is -2.18. The Morgan fingerprint density at radius 2 is 2.39 bits per heavy atom. The van der Waals surface area contributed by atoms with E-state index in [1.165, 1.54) is 0 Å². The molecular formula is C14H23N3O. The number of nitrogens with one attached hydrogen (secondary N) is 1. The van der Waals surface area contributed by atoms with Gasteiger partial charge in [-0.05, 0) is 37.3 Å². The normalized spacial score (nSPS) is 19.2. The van der Waals surface area contributed by atoms with Gasteiger partial charge in [-0.1, -0.05) is 13.0 Å². The van der Waals surface area contributed by atoms with E-state index in [9.17, 15) is 0 Å². The molecule has 0 saturated carbocycles. The van der Waals surface area contributed by atoms with Gasteiger partial charge in [-0.3, -0.25) is 0 Å². The fraction of sp³-hybridized carbons (Fsp3) is 0.643. The summed E-state index contributed by atoms with van der Waals surface area (Å²) in [5.74, 6) is 2.63. The maximum absolute atomic E-state index is 8.98. The average molecular weight is 249 g/mol. The van der Waals surface area contributed by atoms with Crippen molar-refractivity contribution in [1.82, 2.24) is 4.98 Å². The van der Waals surface area contributed by atoms with Gasteiger partial charge in [0.15, 0.2) is 0 Å². The Bertz CT molecular complexity index is 370. The van der Waals surface area contributed by atoms with Crippen molar-refractivity contribution >= 4 is 11.6 Å². The number of pyridine rings is 1. The molecule has 0 bridgehead atoms. The van der Waals surface area contributed by atoms with Gasteiger partial charge in [-0.15, -0.1) is 0 Å². The lowest BCUT2D eigenvalue weighted by molar-refractivity contribution is 0.263. The molecule has 1 unspecified atom stereocenters. The summed E-state index contributed by atoms with van der Waals surface area (Å²) in [5.41, 5.74) is 0. The number of hydrogen-bond acceptors (Lipinski definition) is 4. The first kappa shape index (κ1) is 13.1. The molecule has 1 fully saturated rings. The second kappa shape index (κ2) is 6.59. The zero-order chi connectivity index (χ0) is 12.8. The Balaban J connectivity index is 1.96. The summed E-state index contributed by atoms with van der Waals surface area (Å²) in [7, 11) is 0. The van der Waals surface area contributed by atoms with Crippen molar-refractivity contribution in [3.63, 3.8) is 0 Å². The van der Waals surface area contributed by atoms with E-state index in [-0.39, 0.29) is 0 Å². The van der Waals surface area contributed by atoms with E-state index in [1.54, 1.807) is 0 Å². The molecule has 1 saturated heterocycles. The first-order valence-electron chi connectivity index (χ1n) is 6.90. The van der Waals surface area contributed by atoms with Crippen molar-refractivity contribution in [3.05, 3.63) is 18.2 Å². The van der Waals surface area contributed by atoms with Crippen LogP contribution < -0.4 is 10.2 Å². The summed E-state index contributed by atoms with van der Waals surface area (Å²) in [6.07, 6.45) is 3.17. The van der Waals surface area contributed by atoms with Crippen LogP contribution in [0.3, 0.4) is 0 Å². The van der Waals surface area contributed by atoms with Crippen LogP contribution in [0.1, 0.15) is 26.2 Å². The summed E-state index contributed by atoms with van der Waals surface area (Å²) < 4.78 is 0. The first-order valence-corrected chi connectivity index (χ1v) is 6.90. The van der Waals surface area contributed by atoms with Gasteiger partial charge in [0.2, 0.25) is 0 Å². The first-order chi connectivity index (χ1) is 8.83. The van der Waals surface area contributed by atoms with Crippen LogP contribution in [-0.2, 0) is 0 Å². The summed E-state index contributed by atoms with van der Waals surface area (Å²) in [6, 6.07) is 6.14. The molecule has 0 amide bonds. The van der Waals surface area contributed by atoms with Gasteiger partial charge in [0.05, 0.1) is 0 Å². The second-order valence-corrected chi connectivity index (χ2v) is 4.92. The van der Waals surface area contributed by atoms with E-state index >= 15 is 0 Å². The third-order valence-electron chi connectivity index (χ3n) is 3.44. The van der Waals surface area contributed by atoms with E-state index in [4.69, 9.17) is 5.11 Å². The van der Waals surface area contributed by atoms with Crippen LogP contribution in [0.2, 0.25) is 0 Å². The molecule has 2 rings (SSSR count). The topological polar surface area (TPSA) is 48.4 Å². The Morgan fingerprint density at radius 3 is 3.17 bits per heavy atom. The molecule has 1 atom stereocenters. The largest absolute Gasteiger partial charge is 0.396 e. The zero-order valence-electron chi connectivity index (χ0n) is 11.1. The fourth-order valence-electron chi connectivity index (χ4n) is 2.41. The van der Waals surface area contributed by atoms with Gasteiger partial charge in [-0.2, -0.15) is 0 Å². The molecule has 18 heavy (non-hydrogen) atoms. The van der Waals surface area contributed by atoms with Crippen molar-refractivity contribution in [2.45, 2.75) is 26.2 Å². The molecule has 2 heterocycles. The van der Waals surface area contributed by atoms with Gasteiger partial charge in [0.1, 0.15) is 11.6 Å². The number of hydrogen-bond donors (Lipinski definition) is 2. The minimum absolute atomic E-state index is 0.296. The van der Waals surface area contributed by atoms with E-state index < -0.39 is 0 Å². The van der Waals surface area contributed by atoms with Crippen LogP contribution >= 0.6 is 0 Å². The summed E-state index contributed by atoms with van der Waals surface area (Å²) >= 11 is 0. The third kappa shape index (κ3) is 3.35. The van der Waals surface area contributed by atoms with Gasteiger partial charge in [0.25, 0.3) is 0 Å². The molecule has 1 aliphatic heterocycles. The molecule has 0 aliphatic carbocycles. The highest BCUT2D eigenvalue weighted by atomic mass is 16.3. The molecule has 1 aromatic heterocycles. The molecule has 100 valence electrons. The van der Waals surface area contributed by atoms with Crippen molar-refractivity contribution in [3.8, 4) is 0 Å². The third-order valence-corrected chi connectivity index (χ3v) is 3.44. The average Bonchev–Trinajstić information content (AvgIpc) is 2.86. The highest BCUT2D eigenvalue weighted by Gasteiger charge is 2.22. The molecule has 1 aliphatic rings. The lowest BCUT2D eigenvalue weighted by atomic mass is 10.1. The van der Waals surface area contributed by atoms with Gasteiger partial charge in [-0.25, -0.2) is 4.98 Å². The van der Waals surface area contributed by atoms with E-state index in [1.807, 2.05) is 6.07 Å². The molecule has 4 nitrogen and oxygen atoms in total. The SMILES string of the molecule is CCCNc1cccc(N2CCC(CCO)C2)n1. The summed E-state index contributed by atoms with van der Waals surface area (Å²) in [4.78, 5) is 6.96. The standard InChI is InChI=1S/C14H23N3O/c1-2-8-15-13-4-3-5-14(16-13)17-9-6-12(11-17)7-10-18/h3-5,12,18H,2,6-11H2,1H3,(H,15,16). The molecule has 0 spiro atoms. The van der Waals surface area contributed by atoms with Crippen LogP contribution in [0.5, 0.6) is 0 Å². The maximum atomic E-state index is 8.98. The van der Waals surface area contributed by atoms with Crippen LogP contribution in [0.4, 0.5) is 11.6 Å². The highest BCUT2D eigenvalue weighted by Crippen LogP contribution is 2.24. The van der Waals surface area contributed by atoms with Gasteiger partial charge >= 0.3 is 0 Å². The quantitative estimate of drug-likeness (QED) is 0.810. The summed E-state index contributed by atoms with van der Waals surface area (Å²) in [5, 5.41) is 12.3. The Labute approximate surface area is 109 Å². The van der Waals surface area contributed by atoms with Crippen LogP contribution in [0, 0.1) is 5.92 Å². The number of aromatic nitrogens is 1.